The van der Waals surface area contributed by atoms with Gasteiger partial charge in [0.15, 0.2) is 0 Å². The fourth-order valence-electron chi connectivity index (χ4n) is 2.42. The fraction of sp³-hybridized carbons (Fsp3) is 0.538. The smallest absolute Gasteiger partial charge is 0.0513 e. The molecule has 0 saturated carbocycles. The van der Waals surface area contributed by atoms with Gasteiger partial charge < -0.3 is 10.6 Å². The summed E-state index contributed by atoms with van der Waals surface area (Å²) in [6.45, 7) is 5.57. The van der Waals surface area contributed by atoms with E-state index >= 15 is 0 Å². The summed E-state index contributed by atoms with van der Waals surface area (Å²) < 4.78 is 1.17. The van der Waals surface area contributed by atoms with Crippen LogP contribution in [0.3, 0.4) is 0 Å². The van der Waals surface area contributed by atoms with E-state index in [4.69, 9.17) is 5.73 Å². The van der Waals surface area contributed by atoms with E-state index < -0.39 is 0 Å². The van der Waals surface area contributed by atoms with Crippen LogP contribution in [0, 0.1) is 5.92 Å². The number of rotatable bonds is 1. The topological polar surface area (TPSA) is 29.3 Å². The van der Waals surface area contributed by atoms with Gasteiger partial charge in [0.1, 0.15) is 0 Å². The Bertz CT molecular complexity index is 367. The molecule has 2 N–H and O–H groups in total. The van der Waals surface area contributed by atoms with Crippen molar-refractivity contribution in [3.8, 4) is 0 Å². The van der Waals surface area contributed by atoms with E-state index in [0.29, 0.717) is 18.0 Å². The minimum atomic E-state index is 0.341. The van der Waals surface area contributed by atoms with Crippen molar-refractivity contribution in [1.29, 1.82) is 0 Å². The zero-order chi connectivity index (χ0) is 11.7. The molecule has 1 aliphatic rings. The number of anilines is 1. The second kappa shape index (κ2) is 4.76. The highest BCUT2D eigenvalue weighted by Gasteiger charge is 2.30. The molecule has 3 heteroatoms. The third-order valence-electron chi connectivity index (χ3n) is 3.79. The van der Waals surface area contributed by atoms with Crippen molar-refractivity contribution in [2.75, 3.05) is 11.4 Å². The van der Waals surface area contributed by atoms with Crippen molar-refractivity contribution >= 4 is 21.6 Å². The summed E-state index contributed by atoms with van der Waals surface area (Å²) in [4.78, 5) is 2.46. The van der Waals surface area contributed by atoms with Crippen molar-refractivity contribution in [1.82, 2.24) is 0 Å². The third kappa shape index (κ3) is 2.11. The minimum absolute atomic E-state index is 0.341. The van der Waals surface area contributed by atoms with Crippen molar-refractivity contribution in [3.63, 3.8) is 0 Å². The van der Waals surface area contributed by atoms with E-state index in [1.165, 1.54) is 10.2 Å². The Morgan fingerprint density at radius 3 is 2.69 bits per heavy atom. The van der Waals surface area contributed by atoms with Gasteiger partial charge in [-0.3, -0.25) is 0 Å². The first-order valence-corrected chi connectivity index (χ1v) is 6.67. The maximum atomic E-state index is 6.11. The summed E-state index contributed by atoms with van der Waals surface area (Å²) in [5.74, 6) is 0.542. The van der Waals surface area contributed by atoms with Gasteiger partial charge in [-0.05, 0) is 47.3 Å². The Kier molecular flexibility index (Phi) is 3.55. The molecule has 1 aromatic rings. The van der Waals surface area contributed by atoms with E-state index in [1.54, 1.807) is 0 Å². The number of hydrogen-bond acceptors (Lipinski definition) is 2. The highest BCUT2D eigenvalue weighted by Crippen LogP contribution is 2.32. The maximum Gasteiger partial charge on any atom is 0.0513 e. The molecule has 0 spiro atoms. The number of piperidine rings is 1. The van der Waals surface area contributed by atoms with Gasteiger partial charge in [-0.2, -0.15) is 0 Å². The number of benzene rings is 1. The van der Waals surface area contributed by atoms with Crippen molar-refractivity contribution in [2.24, 2.45) is 11.7 Å². The SMILES string of the molecule is CC1C(N)CCN(c2ccccc2Br)C1C. The Labute approximate surface area is 106 Å². The van der Waals surface area contributed by atoms with Crippen LogP contribution in [-0.4, -0.2) is 18.6 Å². The number of para-hydroxylation sites is 1. The van der Waals surface area contributed by atoms with E-state index in [9.17, 15) is 0 Å². The van der Waals surface area contributed by atoms with Crippen LogP contribution in [0.4, 0.5) is 5.69 Å². The zero-order valence-corrected chi connectivity index (χ0v) is 11.4. The van der Waals surface area contributed by atoms with Gasteiger partial charge in [-0.15, -0.1) is 0 Å². The van der Waals surface area contributed by atoms with E-state index in [2.05, 4.69) is 58.9 Å². The van der Waals surface area contributed by atoms with Crippen LogP contribution in [0.25, 0.3) is 0 Å². The Morgan fingerprint density at radius 1 is 1.31 bits per heavy atom. The third-order valence-corrected chi connectivity index (χ3v) is 4.46. The molecule has 1 aliphatic heterocycles. The number of halogens is 1. The van der Waals surface area contributed by atoms with Gasteiger partial charge in [-0.1, -0.05) is 19.1 Å². The van der Waals surface area contributed by atoms with Crippen molar-refractivity contribution < 1.29 is 0 Å². The summed E-state index contributed by atoms with van der Waals surface area (Å²) in [5, 5.41) is 0. The average molecular weight is 283 g/mol. The molecule has 0 aromatic heterocycles. The standard InChI is InChI=1S/C13H19BrN2/c1-9-10(2)16(8-7-12(9)15)13-6-4-3-5-11(13)14/h3-6,9-10,12H,7-8,15H2,1-2H3. The summed E-state index contributed by atoms with van der Waals surface area (Å²) in [6.07, 6.45) is 1.08. The quantitative estimate of drug-likeness (QED) is 0.858. The van der Waals surface area contributed by atoms with Crippen LogP contribution in [0.2, 0.25) is 0 Å². The molecule has 3 unspecified atom stereocenters. The molecule has 2 rings (SSSR count). The highest BCUT2D eigenvalue weighted by molar-refractivity contribution is 9.10. The first kappa shape index (κ1) is 11.9. The molecule has 1 fully saturated rings. The molecular formula is C13H19BrN2. The molecule has 0 aliphatic carbocycles. The largest absolute Gasteiger partial charge is 0.368 e. The van der Waals surface area contributed by atoms with Crippen LogP contribution < -0.4 is 10.6 Å². The van der Waals surface area contributed by atoms with Crippen molar-refractivity contribution in [3.05, 3.63) is 28.7 Å². The lowest BCUT2D eigenvalue weighted by molar-refractivity contribution is 0.315. The molecule has 16 heavy (non-hydrogen) atoms. The Morgan fingerprint density at radius 2 is 2.00 bits per heavy atom. The molecule has 1 saturated heterocycles. The van der Waals surface area contributed by atoms with Crippen molar-refractivity contribution in [2.45, 2.75) is 32.4 Å². The summed E-state index contributed by atoms with van der Waals surface area (Å²) in [7, 11) is 0. The first-order valence-electron chi connectivity index (χ1n) is 5.88. The molecule has 3 atom stereocenters. The molecule has 88 valence electrons. The summed E-state index contributed by atoms with van der Waals surface area (Å²) >= 11 is 3.62. The van der Waals surface area contributed by atoms with Crippen LogP contribution in [0.5, 0.6) is 0 Å². The molecule has 0 amide bonds. The molecule has 2 nitrogen and oxygen atoms in total. The van der Waals surface area contributed by atoms with Crippen LogP contribution in [-0.2, 0) is 0 Å². The van der Waals surface area contributed by atoms with Gasteiger partial charge in [-0.25, -0.2) is 0 Å². The highest BCUT2D eigenvalue weighted by atomic mass is 79.9. The van der Waals surface area contributed by atoms with Crippen LogP contribution >= 0.6 is 15.9 Å². The second-order valence-electron chi connectivity index (χ2n) is 4.70. The van der Waals surface area contributed by atoms with Gasteiger partial charge >= 0.3 is 0 Å². The molecule has 0 bridgehead atoms. The van der Waals surface area contributed by atoms with Crippen LogP contribution in [0.1, 0.15) is 20.3 Å². The van der Waals surface area contributed by atoms with Crippen LogP contribution in [0.15, 0.2) is 28.7 Å². The zero-order valence-electron chi connectivity index (χ0n) is 9.86. The average Bonchev–Trinajstić information content (AvgIpc) is 2.28. The van der Waals surface area contributed by atoms with Gasteiger partial charge in [0.05, 0.1) is 5.69 Å². The second-order valence-corrected chi connectivity index (χ2v) is 5.55. The number of nitrogens with two attached hydrogens (primary N) is 1. The lowest BCUT2D eigenvalue weighted by atomic mass is 9.87. The molecule has 1 heterocycles. The lowest BCUT2D eigenvalue weighted by Gasteiger charge is -2.43. The van der Waals surface area contributed by atoms with E-state index in [-0.39, 0.29) is 0 Å². The van der Waals surface area contributed by atoms with E-state index in [0.717, 1.165) is 13.0 Å². The fourth-order valence-corrected chi connectivity index (χ4v) is 2.93. The van der Waals surface area contributed by atoms with Gasteiger partial charge in [0.25, 0.3) is 0 Å². The Balaban J connectivity index is 2.25. The molecule has 0 radical (unpaired) electrons. The van der Waals surface area contributed by atoms with Gasteiger partial charge in [0, 0.05) is 23.1 Å². The van der Waals surface area contributed by atoms with E-state index in [1.807, 2.05) is 0 Å². The summed E-state index contributed by atoms with van der Waals surface area (Å²) in [6, 6.07) is 9.26. The lowest BCUT2D eigenvalue weighted by Crippen LogP contribution is -2.52. The summed E-state index contributed by atoms with van der Waals surface area (Å²) in [5.41, 5.74) is 7.39. The monoisotopic (exact) mass is 282 g/mol. The molecule has 1 aromatic carbocycles. The predicted molar refractivity (Wildman–Crippen MR) is 72.7 cm³/mol. The predicted octanol–water partition coefficient (Wildman–Crippen LogP) is 3.01. The first-order chi connectivity index (χ1) is 7.61. The molecular weight excluding hydrogens is 264 g/mol. The maximum absolute atomic E-state index is 6.11. The van der Waals surface area contributed by atoms with Gasteiger partial charge in [0.2, 0.25) is 0 Å². The minimum Gasteiger partial charge on any atom is -0.368 e. The number of hydrogen-bond donors (Lipinski definition) is 1. The Hall–Kier alpha value is -0.540. The normalized spacial score (nSPS) is 30.5. The number of nitrogens with zero attached hydrogens (tertiary/aromatic N) is 1.